The summed E-state index contributed by atoms with van der Waals surface area (Å²) in [5, 5.41) is 17.9. The lowest BCUT2D eigenvalue weighted by Gasteiger charge is -2.06. The number of aliphatic carboxylic acids is 1. The number of nitrogens with one attached hydrogen (secondary N) is 2. The first-order chi connectivity index (χ1) is 8.99. The number of carbonyl (C=O) groups is 2. The van der Waals surface area contributed by atoms with Gasteiger partial charge in [-0.2, -0.15) is 5.10 Å². The summed E-state index contributed by atoms with van der Waals surface area (Å²) in [6, 6.07) is 1.64. The van der Waals surface area contributed by atoms with Gasteiger partial charge < -0.3 is 10.4 Å². The second-order valence-electron chi connectivity index (χ2n) is 4.51. The lowest BCUT2D eigenvalue weighted by molar-refractivity contribution is -0.137. The second-order valence-corrected chi connectivity index (χ2v) is 4.51. The molecule has 0 aliphatic carbocycles. The van der Waals surface area contributed by atoms with Crippen LogP contribution in [0.25, 0.3) is 0 Å². The first-order valence-corrected chi connectivity index (χ1v) is 6.31. The SMILES string of the molecule is CC(C)n1ccc(NC(=O)NCCCCC(=O)O)n1. The maximum atomic E-state index is 11.5. The summed E-state index contributed by atoms with van der Waals surface area (Å²) in [7, 11) is 0. The van der Waals surface area contributed by atoms with Gasteiger partial charge in [-0.3, -0.25) is 14.8 Å². The molecule has 0 bridgehead atoms. The quantitative estimate of drug-likeness (QED) is 0.657. The number of nitrogens with zero attached hydrogens (tertiary/aromatic N) is 2. The van der Waals surface area contributed by atoms with Crippen molar-refractivity contribution in [2.75, 3.05) is 11.9 Å². The zero-order chi connectivity index (χ0) is 14.3. The Kier molecular flexibility index (Phi) is 5.84. The molecular formula is C12H20N4O3. The van der Waals surface area contributed by atoms with Crippen molar-refractivity contribution in [2.24, 2.45) is 0 Å². The molecule has 2 amide bonds. The molecule has 7 nitrogen and oxygen atoms in total. The molecule has 1 rings (SSSR count). The fourth-order valence-electron chi connectivity index (χ4n) is 1.46. The number of anilines is 1. The van der Waals surface area contributed by atoms with E-state index >= 15 is 0 Å². The van der Waals surface area contributed by atoms with Crippen LogP contribution in [0.2, 0.25) is 0 Å². The third-order valence-corrected chi connectivity index (χ3v) is 2.48. The Balaban J connectivity index is 2.21. The predicted octanol–water partition coefficient (Wildman–Crippen LogP) is 1.84. The van der Waals surface area contributed by atoms with Gasteiger partial charge in [-0.05, 0) is 26.7 Å². The van der Waals surface area contributed by atoms with E-state index in [0.29, 0.717) is 25.2 Å². The number of amides is 2. The van der Waals surface area contributed by atoms with Crippen molar-refractivity contribution in [3.63, 3.8) is 0 Å². The van der Waals surface area contributed by atoms with E-state index in [9.17, 15) is 9.59 Å². The van der Waals surface area contributed by atoms with Gasteiger partial charge in [0.2, 0.25) is 0 Å². The molecule has 0 spiro atoms. The van der Waals surface area contributed by atoms with Gasteiger partial charge in [0.15, 0.2) is 5.82 Å². The molecule has 1 heterocycles. The van der Waals surface area contributed by atoms with Crippen LogP contribution in [0.4, 0.5) is 10.6 Å². The Labute approximate surface area is 112 Å². The average Bonchev–Trinajstić information content (AvgIpc) is 2.76. The maximum Gasteiger partial charge on any atom is 0.320 e. The smallest absolute Gasteiger partial charge is 0.320 e. The van der Waals surface area contributed by atoms with E-state index in [1.54, 1.807) is 16.9 Å². The van der Waals surface area contributed by atoms with Crippen molar-refractivity contribution < 1.29 is 14.7 Å². The molecule has 0 radical (unpaired) electrons. The van der Waals surface area contributed by atoms with Gasteiger partial charge in [-0.15, -0.1) is 0 Å². The largest absolute Gasteiger partial charge is 0.481 e. The molecule has 0 aliphatic rings. The van der Waals surface area contributed by atoms with Gasteiger partial charge in [0.05, 0.1) is 0 Å². The number of rotatable bonds is 7. The van der Waals surface area contributed by atoms with Crippen LogP contribution < -0.4 is 10.6 Å². The predicted molar refractivity (Wildman–Crippen MR) is 71.1 cm³/mol. The Morgan fingerprint density at radius 3 is 2.74 bits per heavy atom. The fraction of sp³-hybridized carbons (Fsp3) is 0.583. The van der Waals surface area contributed by atoms with Crippen LogP contribution in [-0.4, -0.2) is 33.4 Å². The third kappa shape index (κ3) is 5.89. The van der Waals surface area contributed by atoms with Crippen molar-refractivity contribution in [3.05, 3.63) is 12.3 Å². The Morgan fingerprint density at radius 2 is 2.16 bits per heavy atom. The van der Waals surface area contributed by atoms with Gasteiger partial charge in [0.1, 0.15) is 0 Å². The zero-order valence-corrected chi connectivity index (χ0v) is 11.2. The molecule has 0 saturated heterocycles. The van der Waals surface area contributed by atoms with Crippen LogP contribution >= 0.6 is 0 Å². The van der Waals surface area contributed by atoms with E-state index in [0.717, 1.165) is 0 Å². The van der Waals surface area contributed by atoms with Crippen molar-refractivity contribution in [3.8, 4) is 0 Å². The molecule has 106 valence electrons. The number of hydrogen-bond donors (Lipinski definition) is 3. The van der Waals surface area contributed by atoms with Crippen molar-refractivity contribution in [1.29, 1.82) is 0 Å². The van der Waals surface area contributed by atoms with Crippen LogP contribution in [0, 0.1) is 0 Å². The van der Waals surface area contributed by atoms with Crippen molar-refractivity contribution in [1.82, 2.24) is 15.1 Å². The van der Waals surface area contributed by atoms with Crippen LogP contribution in [0.1, 0.15) is 39.2 Å². The van der Waals surface area contributed by atoms with E-state index in [2.05, 4.69) is 15.7 Å². The molecule has 7 heteroatoms. The number of carbonyl (C=O) groups excluding carboxylic acids is 1. The summed E-state index contributed by atoms with van der Waals surface area (Å²) in [6.45, 7) is 4.45. The highest BCUT2D eigenvalue weighted by atomic mass is 16.4. The van der Waals surface area contributed by atoms with E-state index in [-0.39, 0.29) is 18.5 Å². The Morgan fingerprint density at radius 1 is 1.42 bits per heavy atom. The van der Waals surface area contributed by atoms with Crippen molar-refractivity contribution >= 4 is 17.8 Å². The molecule has 0 saturated carbocycles. The highest BCUT2D eigenvalue weighted by molar-refractivity contribution is 5.88. The number of aromatic nitrogens is 2. The lowest BCUT2D eigenvalue weighted by Crippen LogP contribution is -2.29. The van der Waals surface area contributed by atoms with Crippen LogP contribution in [-0.2, 0) is 4.79 Å². The molecule has 0 aromatic carbocycles. The third-order valence-electron chi connectivity index (χ3n) is 2.48. The summed E-state index contributed by atoms with van der Waals surface area (Å²) >= 11 is 0. The summed E-state index contributed by atoms with van der Waals surface area (Å²) < 4.78 is 1.75. The molecule has 0 atom stereocenters. The number of carboxylic acids is 1. The van der Waals surface area contributed by atoms with E-state index in [1.807, 2.05) is 13.8 Å². The first-order valence-electron chi connectivity index (χ1n) is 6.31. The number of unbranched alkanes of at least 4 members (excludes halogenated alkanes) is 1. The summed E-state index contributed by atoms with van der Waals surface area (Å²) in [5.41, 5.74) is 0. The average molecular weight is 268 g/mol. The molecule has 0 unspecified atom stereocenters. The monoisotopic (exact) mass is 268 g/mol. The highest BCUT2D eigenvalue weighted by Gasteiger charge is 2.05. The van der Waals surface area contributed by atoms with Crippen LogP contribution in [0.15, 0.2) is 12.3 Å². The standard InChI is InChI=1S/C12H20N4O3/c1-9(2)16-8-6-10(15-16)14-12(19)13-7-4-3-5-11(17)18/h6,8-9H,3-5,7H2,1-2H3,(H,17,18)(H2,13,14,15,19). The van der Waals surface area contributed by atoms with Gasteiger partial charge in [0.25, 0.3) is 0 Å². The molecule has 0 fully saturated rings. The lowest BCUT2D eigenvalue weighted by atomic mass is 10.2. The Hall–Kier alpha value is -2.05. The van der Waals surface area contributed by atoms with Gasteiger partial charge in [0, 0.05) is 31.3 Å². The summed E-state index contributed by atoms with van der Waals surface area (Å²) in [5.74, 6) is -0.319. The normalized spacial score (nSPS) is 10.5. The van der Waals surface area contributed by atoms with Crippen LogP contribution in [0.5, 0.6) is 0 Å². The first kappa shape index (κ1) is 15.0. The molecule has 3 N–H and O–H groups in total. The highest BCUT2D eigenvalue weighted by Crippen LogP contribution is 2.07. The maximum absolute atomic E-state index is 11.5. The summed E-state index contributed by atoms with van der Waals surface area (Å²) in [4.78, 5) is 21.8. The van der Waals surface area contributed by atoms with E-state index < -0.39 is 5.97 Å². The minimum absolute atomic E-state index is 0.127. The number of urea groups is 1. The fourth-order valence-corrected chi connectivity index (χ4v) is 1.46. The molecule has 19 heavy (non-hydrogen) atoms. The van der Waals surface area contributed by atoms with Crippen molar-refractivity contribution in [2.45, 2.75) is 39.2 Å². The van der Waals surface area contributed by atoms with Crippen LogP contribution in [0.3, 0.4) is 0 Å². The molecule has 1 aromatic heterocycles. The Bertz CT molecular complexity index is 428. The minimum atomic E-state index is -0.816. The number of hydrogen-bond acceptors (Lipinski definition) is 3. The topological polar surface area (TPSA) is 96.2 Å². The van der Waals surface area contributed by atoms with Gasteiger partial charge in [-0.1, -0.05) is 0 Å². The van der Waals surface area contributed by atoms with Gasteiger partial charge in [-0.25, -0.2) is 4.79 Å². The molecule has 0 aliphatic heterocycles. The minimum Gasteiger partial charge on any atom is -0.481 e. The molecule has 1 aromatic rings. The van der Waals surface area contributed by atoms with Gasteiger partial charge >= 0.3 is 12.0 Å². The zero-order valence-electron chi connectivity index (χ0n) is 11.2. The molecular weight excluding hydrogens is 248 g/mol. The van der Waals surface area contributed by atoms with E-state index in [4.69, 9.17) is 5.11 Å². The van der Waals surface area contributed by atoms with E-state index in [1.165, 1.54) is 0 Å². The second kappa shape index (κ2) is 7.40. The number of carboxylic acid groups (broad SMARTS) is 1. The summed E-state index contributed by atoms with van der Waals surface area (Å²) in [6.07, 6.45) is 3.12.